The molecule has 0 atom stereocenters. The zero-order chi connectivity index (χ0) is 23.4. The van der Waals surface area contributed by atoms with Gasteiger partial charge in [-0.25, -0.2) is 17.9 Å². The Labute approximate surface area is 191 Å². The van der Waals surface area contributed by atoms with Crippen molar-refractivity contribution in [1.29, 1.82) is 0 Å². The second-order valence-electron chi connectivity index (χ2n) is 7.46. The first kappa shape index (κ1) is 22.7. The zero-order valence-electron chi connectivity index (χ0n) is 18.0. The summed E-state index contributed by atoms with van der Waals surface area (Å²) in [6.07, 6.45) is 3.23. The number of carbonyl (C=O) groups excluding carboxylic acids is 2. The number of sulfonamides is 1. The lowest BCUT2D eigenvalue weighted by atomic mass is 10.1. The third kappa shape index (κ3) is 4.81. The van der Waals surface area contributed by atoms with Gasteiger partial charge in [0.05, 0.1) is 23.9 Å². The van der Waals surface area contributed by atoms with E-state index in [9.17, 15) is 18.0 Å². The van der Waals surface area contributed by atoms with Crippen molar-refractivity contribution in [1.82, 2.24) is 14.1 Å². The van der Waals surface area contributed by atoms with Crippen LogP contribution >= 0.6 is 0 Å². The monoisotopic (exact) mass is 469 g/mol. The molecule has 1 aromatic heterocycles. The minimum absolute atomic E-state index is 0.0544. The average molecular weight is 470 g/mol. The lowest BCUT2D eigenvalue weighted by Gasteiger charge is -2.15. The molecule has 9 nitrogen and oxygen atoms in total. The number of Topliss-reactive ketones (excluding diaryl/α,β-unsaturated/α-hetero) is 1. The quantitative estimate of drug-likeness (QED) is 0.369. The third-order valence-corrected chi connectivity index (χ3v) is 7.24. The fourth-order valence-electron chi connectivity index (χ4n) is 3.54. The minimum atomic E-state index is -3.56. The fourth-order valence-corrected chi connectivity index (χ4v) is 5.05. The Morgan fingerprint density at radius 1 is 1.00 bits per heavy atom. The molecule has 33 heavy (non-hydrogen) atoms. The Bertz CT molecular complexity index is 1250. The summed E-state index contributed by atoms with van der Waals surface area (Å²) >= 11 is 0. The number of carbonyl (C=O) groups is 2. The number of benzene rings is 2. The summed E-state index contributed by atoms with van der Waals surface area (Å²) < 4.78 is 38.5. The van der Waals surface area contributed by atoms with E-state index in [0.717, 1.165) is 18.5 Å². The van der Waals surface area contributed by atoms with Crippen LogP contribution in [0.15, 0.2) is 65.7 Å². The fraction of sp³-hybridized carbons (Fsp3) is 0.261. The number of esters is 1. The van der Waals surface area contributed by atoms with Gasteiger partial charge in [-0.3, -0.25) is 4.79 Å². The molecule has 0 spiro atoms. The number of ether oxygens (including phenoxy) is 2. The van der Waals surface area contributed by atoms with Gasteiger partial charge in [0.1, 0.15) is 0 Å². The summed E-state index contributed by atoms with van der Waals surface area (Å²) in [7, 11) is -2.15. The Morgan fingerprint density at radius 3 is 2.30 bits per heavy atom. The standard InChI is InChI=1S/C23H23N3O6S/c1-31-21-15-26(18-7-3-2-4-8-18)24-22(21)23(28)32-16-20(27)17-9-11-19(12-10-17)33(29,30)25-13-5-6-14-25/h2-4,7-12,15H,5-6,13-14,16H2,1H3. The molecule has 0 unspecified atom stereocenters. The van der Waals surface area contributed by atoms with E-state index >= 15 is 0 Å². The predicted molar refractivity (Wildman–Crippen MR) is 119 cm³/mol. The van der Waals surface area contributed by atoms with Crippen LogP contribution in [0.25, 0.3) is 5.69 Å². The molecule has 0 saturated carbocycles. The first-order valence-corrected chi connectivity index (χ1v) is 11.8. The molecule has 0 radical (unpaired) electrons. The summed E-state index contributed by atoms with van der Waals surface area (Å²) in [5.41, 5.74) is 0.918. The Kier molecular flexibility index (Phi) is 6.57. The molecular formula is C23H23N3O6S. The van der Waals surface area contributed by atoms with Crippen LogP contribution < -0.4 is 4.74 Å². The van der Waals surface area contributed by atoms with Crippen molar-refractivity contribution in [3.05, 3.63) is 72.1 Å². The smallest absolute Gasteiger partial charge is 0.363 e. The Morgan fingerprint density at radius 2 is 1.67 bits per heavy atom. The van der Waals surface area contributed by atoms with Gasteiger partial charge in [0.2, 0.25) is 15.7 Å². The SMILES string of the molecule is COc1cn(-c2ccccc2)nc1C(=O)OCC(=O)c1ccc(S(=O)(=O)N2CCCC2)cc1. The molecule has 0 bridgehead atoms. The van der Waals surface area contributed by atoms with Crippen molar-refractivity contribution in [2.45, 2.75) is 17.7 Å². The number of nitrogens with zero attached hydrogens (tertiary/aromatic N) is 3. The topological polar surface area (TPSA) is 108 Å². The van der Waals surface area contributed by atoms with Crippen LogP contribution in [0.3, 0.4) is 0 Å². The highest BCUT2D eigenvalue weighted by atomic mass is 32.2. The van der Waals surface area contributed by atoms with E-state index in [0.29, 0.717) is 13.1 Å². The van der Waals surface area contributed by atoms with Crippen molar-refractivity contribution >= 4 is 21.8 Å². The van der Waals surface area contributed by atoms with E-state index in [-0.39, 0.29) is 21.9 Å². The summed E-state index contributed by atoms with van der Waals surface area (Å²) in [6, 6.07) is 14.8. The summed E-state index contributed by atoms with van der Waals surface area (Å²) in [5, 5.41) is 4.21. The molecule has 1 fully saturated rings. The third-order valence-electron chi connectivity index (χ3n) is 5.33. The first-order chi connectivity index (χ1) is 15.9. The highest BCUT2D eigenvalue weighted by molar-refractivity contribution is 7.89. The van der Waals surface area contributed by atoms with Crippen molar-refractivity contribution in [3.8, 4) is 11.4 Å². The van der Waals surface area contributed by atoms with Gasteiger partial charge in [0.15, 0.2) is 18.1 Å². The van der Waals surface area contributed by atoms with Crippen LogP contribution in [-0.4, -0.2) is 61.1 Å². The molecule has 3 aromatic rings. The van der Waals surface area contributed by atoms with Gasteiger partial charge in [0.25, 0.3) is 0 Å². The molecular weight excluding hydrogens is 446 g/mol. The van der Waals surface area contributed by atoms with Crippen LogP contribution in [0.2, 0.25) is 0 Å². The van der Waals surface area contributed by atoms with Crippen LogP contribution in [0, 0.1) is 0 Å². The van der Waals surface area contributed by atoms with E-state index in [1.807, 2.05) is 30.3 Å². The molecule has 172 valence electrons. The van der Waals surface area contributed by atoms with Gasteiger partial charge in [-0.1, -0.05) is 18.2 Å². The average Bonchev–Trinajstić information content (AvgIpc) is 3.54. The highest BCUT2D eigenvalue weighted by Crippen LogP contribution is 2.22. The van der Waals surface area contributed by atoms with E-state index < -0.39 is 28.4 Å². The second-order valence-corrected chi connectivity index (χ2v) is 9.40. The number of methoxy groups -OCH3 is 1. The van der Waals surface area contributed by atoms with Gasteiger partial charge < -0.3 is 9.47 Å². The summed E-state index contributed by atoms with van der Waals surface area (Å²) in [5.74, 6) is -1.05. The zero-order valence-corrected chi connectivity index (χ0v) is 18.8. The highest BCUT2D eigenvalue weighted by Gasteiger charge is 2.27. The largest absolute Gasteiger partial charge is 0.493 e. The van der Waals surface area contributed by atoms with E-state index in [2.05, 4.69) is 5.10 Å². The molecule has 0 amide bonds. The number of hydrogen-bond donors (Lipinski definition) is 0. The van der Waals surface area contributed by atoms with Gasteiger partial charge in [-0.15, -0.1) is 0 Å². The van der Waals surface area contributed by atoms with Gasteiger partial charge in [-0.2, -0.15) is 9.40 Å². The normalized spacial score (nSPS) is 14.2. The molecule has 4 rings (SSSR count). The lowest BCUT2D eigenvalue weighted by molar-refractivity contribution is 0.0465. The number of ketones is 1. The lowest BCUT2D eigenvalue weighted by Crippen LogP contribution is -2.27. The molecule has 0 aliphatic carbocycles. The van der Waals surface area contributed by atoms with Crippen LogP contribution in [0.5, 0.6) is 5.75 Å². The molecule has 2 aromatic carbocycles. The Balaban J connectivity index is 1.42. The molecule has 10 heteroatoms. The van der Waals surface area contributed by atoms with Gasteiger partial charge >= 0.3 is 5.97 Å². The minimum Gasteiger partial charge on any atom is -0.493 e. The second kappa shape index (κ2) is 9.55. The van der Waals surface area contributed by atoms with Crippen molar-refractivity contribution in [3.63, 3.8) is 0 Å². The summed E-state index contributed by atoms with van der Waals surface area (Å²) in [4.78, 5) is 25.1. The van der Waals surface area contributed by atoms with E-state index in [1.165, 1.54) is 40.4 Å². The number of rotatable bonds is 8. The van der Waals surface area contributed by atoms with Crippen molar-refractivity contribution < 1.29 is 27.5 Å². The molecule has 1 aliphatic heterocycles. The number of aromatic nitrogens is 2. The maximum atomic E-state index is 12.6. The van der Waals surface area contributed by atoms with Crippen LogP contribution in [0.1, 0.15) is 33.7 Å². The molecule has 0 N–H and O–H groups in total. The summed E-state index contributed by atoms with van der Waals surface area (Å²) in [6.45, 7) is 0.489. The van der Waals surface area contributed by atoms with Crippen LogP contribution in [-0.2, 0) is 14.8 Å². The van der Waals surface area contributed by atoms with Crippen molar-refractivity contribution in [2.75, 3.05) is 26.8 Å². The van der Waals surface area contributed by atoms with Crippen LogP contribution in [0.4, 0.5) is 0 Å². The van der Waals surface area contributed by atoms with E-state index in [1.54, 1.807) is 6.20 Å². The first-order valence-electron chi connectivity index (χ1n) is 10.4. The van der Waals surface area contributed by atoms with E-state index in [4.69, 9.17) is 9.47 Å². The van der Waals surface area contributed by atoms with Crippen molar-refractivity contribution in [2.24, 2.45) is 0 Å². The van der Waals surface area contributed by atoms with Gasteiger partial charge in [0, 0.05) is 18.7 Å². The molecule has 1 aliphatic rings. The molecule has 2 heterocycles. The number of hydrogen-bond acceptors (Lipinski definition) is 7. The maximum absolute atomic E-state index is 12.6. The predicted octanol–water partition coefficient (Wildman–Crippen LogP) is 2.71. The number of para-hydroxylation sites is 1. The Hall–Kier alpha value is -3.50. The maximum Gasteiger partial charge on any atom is 0.363 e. The molecule has 1 saturated heterocycles. The van der Waals surface area contributed by atoms with Gasteiger partial charge in [-0.05, 0) is 49.2 Å².